The van der Waals surface area contributed by atoms with E-state index < -0.39 is 17.7 Å². The Morgan fingerprint density at radius 3 is 2.60 bits per heavy atom. The molecule has 4 N–H and O–H groups in total. The van der Waals surface area contributed by atoms with E-state index in [1.54, 1.807) is 12.1 Å². The van der Waals surface area contributed by atoms with E-state index in [4.69, 9.17) is 0 Å². The van der Waals surface area contributed by atoms with Crippen molar-refractivity contribution in [1.82, 2.24) is 0 Å². The van der Waals surface area contributed by atoms with Crippen LogP contribution in [0, 0.1) is 0 Å². The number of aromatic hydroxyl groups is 1. The third-order valence-corrected chi connectivity index (χ3v) is 2.90. The van der Waals surface area contributed by atoms with Crippen LogP contribution in [0.5, 0.6) is 5.75 Å². The van der Waals surface area contributed by atoms with Gasteiger partial charge in [-0.15, -0.1) is 0 Å². The summed E-state index contributed by atoms with van der Waals surface area (Å²) < 4.78 is 0. The number of aliphatic hydroxyl groups excluding tert-OH is 1. The minimum Gasteiger partial charge on any atom is -0.507 e. The Kier molecular flexibility index (Phi) is 3.85. The lowest BCUT2D eigenvalue weighted by molar-refractivity contribution is -0.174. The summed E-state index contributed by atoms with van der Waals surface area (Å²) in [6.45, 7) is 0. The quantitative estimate of drug-likeness (QED) is 0.369. The number of para-hydroxylation sites is 1. The molecule has 5 nitrogen and oxygen atoms in total. The van der Waals surface area contributed by atoms with E-state index in [1.807, 2.05) is 0 Å². The SMILES string of the molecule is O=C(C=CC1=CC(O)C(O)(O)C=C1)c1ccccc1O. The van der Waals surface area contributed by atoms with E-state index >= 15 is 0 Å². The Morgan fingerprint density at radius 2 is 1.95 bits per heavy atom. The van der Waals surface area contributed by atoms with Gasteiger partial charge in [-0.2, -0.15) is 0 Å². The van der Waals surface area contributed by atoms with E-state index in [2.05, 4.69) is 0 Å². The number of carbonyl (C=O) groups excluding carboxylic acids is 1. The Balaban J connectivity index is 2.14. The number of phenolic OH excluding ortho intramolecular Hbond substituents is 1. The highest BCUT2D eigenvalue weighted by Gasteiger charge is 2.30. The predicted molar refractivity (Wildman–Crippen MR) is 72.0 cm³/mol. The molecule has 0 spiro atoms. The maximum atomic E-state index is 11.9. The first-order valence-corrected chi connectivity index (χ1v) is 5.94. The number of hydrogen-bond donors (Lipinski definition) is 4. The molecule has 0 saturated heterocycles. The molecule has 0 amide bonds. The number of carbonyl (C=O) groups is 1. The number of phenols is 1. The Hall–Kier alpha value is -2.21. The van der Waals surface area contributed by atoms with Crippen molar-refractivity contribution in [2.45, 2.75) is 11.9 Å². The molecule has 0 fully saturated rings. The van der Waals surface area contributed by atoms with Gasteiger partial charge in [-0.1, -0.05) is 24.3 Å². The zero-order valence-corrected chi connectivity index (χ0v) is 10.5. The van der Waals surface area contributed by atoms with Crippen molar-refractivity contribution in [3.8, 4) is 5.75 Å². The average molecular weight is 274 g/mol. The van der Waals surface area contributed by atoms with Crippen LogP contribution >= 0.6 is 0 Å². The highest BCUT2D eigenvalue weighted by atomic mass is 16.5. The molecule has 0 aliphatic heterocycles. The van der Waals surface area contributed by atoms with Gasteiger partial charge in [0.05, 0.1) is 5.56 Å². The van der Waals surface area contributed by atoms with Gasteiger partial charge in [0.25, 0.3) is 0 Å². The van der Waals surface area contributed by atoms with Gasteiger partial charge in [0, 0.05) is 0 Å². The number of hydrogen-bond acceptors (Lipinski definition) is 5. The third kappa shape index (κ3) is 3.03. The normalized spacial score (nSPS) is 20.9. The first kappa shape index (κ1) is 14.2. The van der Waals surface area contributed by atoms with Gasteiger partial charge in [0.15, 0.2) is 5.78 Å². The summed E-state index contributed by atoms with van der Waals surface area (Å²) in [4.78, 5) is 11.9. The lowest BCUT2D eigenvalue weighted by atomic mass is 9.98. The van der Waals surface area contributed by atoms with Crippen LogP contribution in [0.3, 0.4) is 0 Å². The first-order valence-electron chi connectivity index (χ1n) is 5.94. The summed E-state index contributed by atoms with van der Waals surface area (Å²) in [5.41, 5.74) is 0.628. The second-order valence-corrected chi connectivity index (χ2v) is 4.44. The number of ketones is 1. The molecule has 0 saturated carbocycles. The zero-order valence-electron chi connectivity index (χ0n) is 10.5. The molecular weight excluding hydrogens is 260 g/mol. The molecule has 1 aromatic rings. The van der Waals surface area contributed by atoms with Crippen LogP contribution in [0.2, 0.25) is 0 Å². The number of aliphatic hydroxyl groups is 3. The average Bonchev–Trinajstić information content (AvgIpc) is 2.40. The molecular formula is C15H14O5. The number of allylic oxidation sites excluding steroid dienone is 4. The van der Waals surface area contributed by atoms with Gasteiger partial charge < -0.3 is 20.4 Å². The van der Waals surface area contributed by atoms with Crippen LogP contribution in [-0.2, 0) is 0 Å². The van der Waals surface area contributed by atoms with Crippen molar-refractivity contribution in [3.05, 3.63) is 65.8 Å². The van der Waals surface area contributed by atoms with E-state index in [0.717, 1.165) is 6.08 Å². The molecule has 0 aromatic heterocycles. The van der Waals surface area contributed by atoms with E-state index in [1.165, 1.54) is 36.4 Å². The van der Waals surface area contributed by atoms with Gasteiger partial charge in [-0.3, -0.25) is 4.79 Å². The molecule has 2 rings (SSSR count). The number of benzene rings is 1. The zero-order chi connectivity index (χ0) is 14.8. The van der Waals surface area contributed by atoms with Crippen LogP contribution in [0.1, 0.15) is 10.4 Å². The molecule has 1 aromatic carbocycles. The monoisotopic (exact) mass is 274 g/mol. The number of rotatable bonds is 3. The molecule has 0 bridgehead atoms. The molecule has 1 aliphatic carbocycles. The van der Waals surface area contributed by atoms with Crippen molar-refractivity contribution >= 4 is 5.78 Å². The molecule has 1 atom stereocenters. The maximum Gasteiger partial charge on any atom is 0.213 e. The summed E-state index contributed by atoms with van der Waals surface area (Å²) in [6.07, 6.45) is 4.81. The van der Waals surface area contributed by atoms with Gasteiger partial charge in [-0.25, -0.2) is 0 Å². The van der Waals surface area contributed by atoms with Crippen LogP contribution in [0.4, 0.5) is 0 Å². The largest absolute Gasteiger partial charge is 0.507 e. The standard InChI is InChI=1S/C15H14O5/c16-12-4-2-1-3-11(12)13(17)6-5-10-7-8-15(19,20)14(18)9-10/h1-9,14,16,18-20H. The molecule has 0 radical (unpaired) electrons. The Bertz CT molecular complexity index is 610. The molecule has 1 unspecified atom stereocenters. The van der Waals surface area contributed by atoms with Crippen LogP contribution in [0.25, 0.3) is 0 Å². The maximum absolute atomic E-state index is 11.9. The Labute approximate surface area is 115 Å². The summed E-state index contributed by atoms with van der Waals surface area (Å²) in [7, 11) is 0. The van der Waals surface area contributed by atoms with Crippen LogP contribution in [0.15, 0.2) is 60.2 Å². The van der Waals surface area contributed by atoms with E-state index in [9.17, 15) is 25.2 Å². The van der Waals surface area contributed by atoms with Gasteiger partial charge in [-0.05, 0) is 35.9 Å². The highest BCUT2D eigenvalue weighted by Crippen LogP contribution is 2.20. The summed E-state index contributed by atoms with van der Waals surface area (Å²) in [5.74, 6) is -2.80. The van der Waals surface area contributed by atoms with Crippen molar-refractivity contribution in [2.75, 3.05) is 0 Å². The van der Waals surface area contributed by atoms with Crippen molar-refractivity contribution in [2.24, 2.45) is 0 Å². The molecule has 20 heavy (non-hydrogen) atoms. The van der Waals surface area contributed by atoms with E-state index in [0.29, 0.717) is 5.57 Å². The predicted octanol–water partition coefficient (Wildman–Crippen LogP) is 0.669. The first-order chi connectivity index (χ1) is 9.40. The fourth-order valence-corrected chi connectivity index (χ4v) is 1.73. The van der Waals surface area contributed by atoms with Gasteiger partial charge in [0.2, 0.25) is 5.79 Å². The molecule has 5 heteroatoms. The summed E-state index contributed by atoms with van der Waals surface area (Å²) in [5, 5.41) is 37.6. The molecule has 0 heterocycles. The molecule has 104 valence electrons. The lowest BCUT2D eigenvalue weighted by Gasteiger charge is -2.24. The highest BCUT2D eigenvalue weighted by molar-refractivity contribution is 6.06. The minimum absolute atomic E-state index is 0.111. The van der Waals surface area contributed by atoms with Crippen LogP contribution < -0.4 is 0 Å². The summed E-state index contributed by atoms with van der Waals surface area (Å²) in [6, 6.07) is 6.15. The second kappa shape index (κ2) is 5.42. The van der Waals surface area contributed by atoms with Crippen molar-refractivity contribution in [1.29, 1.82) is 0 Å². The third-order valence-electron chi connectivity index (χ3n) is 2.90. The summed E-state index contributed by atoms with van der Waals surface area (Å²) >= 11 is 0. The van der Waals surface area contributed by atoms with Crippen molar-refractivity contribution < 1.29 is 25.2 Å². The fourth-order valence-electron chi connectivity index (χ4n) is 1.73. The second-order valence-electron chi connectivity index (χ2n) is 4.44. The van der Waals surface area contributed by atoms with Crippen molar-refractivity contribution in [3.63, 3.8) is 0 Å². The molecule has 1 aliphatic rings. The smallest absolute Gasteiger partial charge is 0.213 e. The van der Waals surface area contributed by atoms with Crippen LogP contribution in [-0.4, -0.2) is 38.1 Å². The minimum atomic E-state index is -2.29. The van der Waals surface area contributed by atoms with Gasteiger partial charge in [0.1, 0.15) is 11.9 Å². The van der Waals surface area contributed by atoms with E-state index in [-0.39, 0.29) is 11.3 Å². The fraction of sp³-hybridized carbons (Fsp3) is 0.133. The Morgan fingerprint density at radius 1 is 1.25 bits per heavy atom. The lowest BCUT2D eigenvalue weighted by Crippen LogP contribution is -2.40. The van der Waals surface area contributed by atoms with Gasteiger partial charge >= 0.3 is 0 Å². The topological polar surface area (TPSA) is 98.0 Å².